The van der Waals surface area contributed by atoms with E-state index in [4.69, 9.17) is 9.47 Å². The van der Waals surface area contributed by atoms with Crippen molar-refractivity contribution >= 4 is 6.16 Å². The summed E-state index contributed by atoms with van der Waals surface area (Å²) in [6.45, 7) is 4.44. The summed E-state index contributed by atoms with van der Waals surface area (Å²) < 4.78 is 10.2. The molecule has 2 aromatic rings. The first-order valence-electron chi connectivity index (χ1n) is 6.55. The Morgan fingerprint density at radius 2 is 1.20 bits per heavy atom. The summed E-state index contributed by atoms with van der Waals surface area (Å²) in [6, 6.07) is 15.6. The van der Waals surface area contributed by atoms with E-state index >= 15 is 0 Å². The molecule has 0 aromatic heterocycles. The van der Waals surface area contributed by atoms with Gasteiger partial charge in [-0.25, -0.2) is 4.79 Å². The van der Waals surface area contributed by atoms with E-state index in [2.05, 4.69) is 0 Å². The summed E-state index contributed by atoms with van der Waals surface area (Å²) in [6.07, 6.45) is -0.642. The summed E-state index contributed by atoms with van der Waals surface area (Å²) in [4.78, 5) is 11.6. The van der Waals surface area contributed by atoms with Crippen LogP contribution in [0.1, 0.15) is 22.3 Å². The van der Waals surface area contributed by atoms with Crippen molar-refractivity contribution in [3.8, 4) is 0 Å². The van der Waals surface area contributed by atoms with Crippen LogP contribution in [0.4, 0.5) is 4.79 Å². The lowest BCUT2D eigenvalue weighted by molar-refractivity contribution is 0.0444. The standard InChI is InChI=1S/C17H18O3/c1-13-7-3-5-9-15(13)11-19-17(18)20-12-16-10-6-4-8-14(16)2/h3-10H,11-12H2,1-2H3. The Hall–Kier alpha value is -2.29. The van der Waals surface area contributed by atoms with Crippen LogP contribution >= 0.6 is 0 Å². The average molecular weight is 270 g/mol. The lowest BCUT2D eigenvalue weighted by Crippen LogP contribution is -2.08. The normalized spacial score (nSPS) is 10.1. The fraction of sp³-hybridized carbons (Fsp3) is 0.235. The van der Waals surface area contributed by atoms with Crippen LogP contribution in [0, 0.1) is 13.8 Å². The molecule has 104 valence electrons. The zero-order valence-corrected chi connectivity index (χ0v) is 11.8. The number of rotatable bonds is 4. The molecule has 20 heavy (non-hydrogen) atoms. The molecule has 0 aliphatic heterocycles. The minimum Gasteiger partial charge on any atom is -0.429 e. The van der Waals surface area contributed by atoms with E-state index in [-0.39, 0.29) is 13.2 Å². The third-order valence-corrected chi connectivity index (χ3v) is 3.21. The van der Waals surface area contributed by atoms with E-state index in [9.17, 15) is 4.79 Å². The predicted molar refractivity (Wildman–Crippen MR) is 77.3 cm³/mol. The Balaban J connectivity index is 1.82. The topological polar surface area (TPSA) is 35.5 Å². The molecular weight excluding hydrogens is 252 g/mol. The molecule has 3 nitrogen and oxygen atoms in total. The summed E-state index contributed by atoms with van der Waals surface area (Å²) >= 11 is 0. The quantitative estimate of drug-likeness (QED) is 0.783. The summed E-state index contributed by atoms with van der Waals surface area (Å²) in [7, 11) is 0. The Bertz CT molecular complexity index is 539. The van der Waals surface area contributed by atoms with Crippen molar-refractivity contribution in [1.82, 2.24) is 0 Å². The molecule has 0 bridgehead atoms. The molecule has 0 radical (unpaired) electrons. The van der Waals surface area contributed by atoms with E-state index in [1.54, 1.807) is 0 Å². The second-order valence-electron chi connectivity index (χ2n) is 4.68. The number of aryl methyl sites for hydroxylation is 2. The van der Waals surface area contributed by atoms with Crippen molar-refractivity contribution in [2.24, 2.45) is 0 Å². The van der Waals surface area contributed by atoms with Crippen molar-refractivity contribution in [3.63, 3.8) is 0 Å². The van der Waals surface area contributed by atoms with Crippen LogP contribution in [-0.2, 0) is 22.7 Å². The molecule has 0 saturated carbocycles. The van der Waals surface area contributed by atoms with Crippen molar-refractivity contribution in [3.05, 3.63) is 70.8 Å². The third-order valence-electron chi connectivity index (χ3n) is 3.21. The van der Waals surface area contributed by atoms with E-state index in [0.29, 0.717) is 0 Å². The largest absolute Gasteiger partial charge is 0.508 e. The van der Waals surface area contributed by atoms with Crippen LogP contribution in [-0.4, -0.2) is 6.16 Å². The highest BCUT2D eigenvalue weighted by Gasteiger charge is 2.07. The molecule has 0 aliphatic carbocycles. The molecule has 0 unspecified atom stereocenters. The molecule has 0 atom stereocenters. The van der Waals surface area contributed by atoms with Gasteiger partial charge >= 0.3 is 6.16 Å². The Labute approximate surface area is 119 Å². The molecule has 0 spiro atoms. The molecule has 0 N–H and O–H groups in total. The number of benzene rings is 2. The molecule has 0 aliphatic rings. The highest BCUT2D eigenvalue weighted by molar-refractivity contribution is 5.60. The number of carbonyl (C=O) groups excluding carboxylic acids is 1. The summed E-state index contributed by atoms with van der Waals surface area (Å²) in [5.74, 6) is 0. The molecule has 0 amide bonds. The van der Waals surface area contributed by atoms with Gasteiger partial charge in [-0.05, 0) is 36.1 Å². The summed E-state index contributed by atoms with van der Waals surface area (Å²) in [5.41, 5.74) is 4.17. The highest BCUT2D eigenvalue weighted by Crippen LogP contribution is 2.11. The van der Waals surface area contributed by atoms with Gasteiger partial charge in [-0.3, -0.25) is 0 Å². The van der Waals surface area contributed by atoms with Gasteiger partial charge in [-0.2, -0.15) is 0 Å². The predicted octanol–water partition coefficient (Wildman–Crippen LogP) is 4.16. The first-order valence-corrected chi connectivity index (χ1v) is 6.55. The molecule has 3 heteroatoms. The highest BCUT2D eigenvalue weighted by atomic mass is 16.7. The third kappa shape index (κ3) is 3.85. The van der Waals surface area contributed by atoms with E-state index in [1.807, 2.05) is 62.4 Å². The fourth-order valence-corrected chi connectivity index (χ4v) is 1.86. The van der Waals surface area contributed by atoms with Crippen molar-refractivity contribution in [2.75, 3.05) is 0 Å². The Morgan fingerprint density at radius 3 is 1.60 bits per heavy atom. The van der Waals surface area contributed by atoms with Crippen molar-refractivity contribution < 1.29 is 14.3 Å². The maximum Gasteiger partial charge on any atom is 0.508 e. The maximum absolute atomic E-state index is 11.6. The monoisotopic (exact) mass is 270 g/mol. The van der Waals surface area contributed by atoms with Gasteiger partial charge in [0.1, 0.15) is 13.2 Å². The van der Waals surface area contributed by atoms with E-state index < -0.39 is 6.16 Å². The summed E-state index contributed by atoms with van der Waals surface area (Å²) in [5, 5.41) is 0. The fourth-order valence-electron chi connectivity index (χ4n) is 1.86. The van der Waals surface area contributed by atoms with Crippen molar-refractivity contribution in [2.45, 2.75) is 27.1 Å². The van der Waals surface area contributed by atoms with Gasteiger partial charge in [-0.15, -0.1) is 0 Å². The molecule has 0 saturated heterocycles. The van der Waals surface area contributed by atoms with Crippen LogP contribution in [0.5, 0.6) is 0 Å². The van der Waals surface area contributed by atoms with E-state index in [1.165, 1.54) is 0 Å². The SMILES string of the molecule is Cc1ccccc1COC(=O)OCc1ccccc1C. The van der Waals surface area contributed by atoms with Crippen LogP contribution in [0.3, 0.4) is 0 Å². The second kappa shape index (κ2) is 6.75. The van der Waals surface area contributed by atoms with Crippen LogP contribution in [0.2, 0.25) is 0 Å². The molecule has 0 fully saturated rings. The maximum atomic E-state index is 11.6. The number of carbonyl (C=O) groups is 1. The molecule has 2 aromatic carbocycles. The molecular formula is C17H18O3. The second-order valence-corrected chi connectivity index (χ2v) is 4.68. The van der Waals surface area contributed by atoms with Gasteiger partial charge < -0.3 is 9.47 Å². The van der Waals surface area contributed by atoms with Gasteiger partial charge in [0, 0.05) is 0 Å². The number of hydrogen-bond donors (Lipinski definition) is 0. The lowest BCUT2D eigenvalue weighted by atomic mass is 10.1. The number of hydrogen-bond acceptors (Lipinski definition) is 3. The minimum atomic E-state index is -0.642. The number of ether oxygens (including phenoxy) is 2. The minimum absolute atomic E-state index is 0.235. The van der Waals surface area contributed by atoms with Crippen molar-refractivity contribution in [1.29, 1.82) is 0 Å². The van der Waals surface area contributed by atoms with Crippen LogP contribution in [0.15, 0.2) is 48.5 Å². The van der Waals surface area contributed by atoms with Gasteiger partial charge in [0.25, 0.3) is 0 Å². The Kier molecular flexibility index (Phi) is 4.77. The first-order chi connectivity index (χ1) is 9.66. The smallest absolute Gasteiger partial charge is 0.429 e. The van der Waals surface area contributed by atoms with Gasteiger partial charge in [-0.1, -0.05) is 48.5 Å². The van der Waals surface area contributed by atoms with Gasteiger partial charge in [0.05, 0.1) is 0 Å². The van der Waals surface area contributed by atoms with Crippen LogP contribution in [0.25, 0.3) is 0 Å². The van der Waals surface area contributed by atoms with E-state index in [0.717, 1.165) is 22.3 Å². The van der Waals surface area contributed by atoms with Gasteiger partial charge in [0.2, 0.25) is 0 Å². The molecule has 2 rings (SSSR count). The lowest BCUT2D eigenvalue weighted by Gasteiger charge is -2.09. The Morgan fingerprint density at radius 1 is 0.800 bits per heavy atom. The zero-order valence-electron chi connectivity index (χ0n) is 11.8. The zero-order chi connectivity index (χ0) is 14.4. The van der Waals surface area contributed by atoms with Crippen LogP contribution < -0.4 is 0 Å². The molecule has 0 heterocycles. The van der Waals surface area contributed by atoms with Gasteiger partial charge in [0.15, 0.2) is 0 Å². The first kappa shape index (κ1) is 14.1. The average Bonchev–Trinajstić information content (AvgIpc) is 2.45.